The Balaban J connectivity index is 1.67. The van der Waals surface area contributed by atoms with Gasteiger partial charge in [-0.15, -0.1) is 10.2 Å². The summed E-state index contributed by atoms with van der Waals surface area (Å²) in [5.41, 5.74) is 2.06. The molecule has 0 aliphatic heterocycles. The molecular weight excluding hydrogens is 338 g/mol. The first kappa shape index (κ1) is 15.5. The van der Waals surface area contributed by atoms with Gasteiger partial charge < -0.3 is 9.47 Å². The number of hydrogen-bond acceptors (Lipinski definition) is 7. The number of ether oxygens (including phenoxy) is 2. The Morgan fingerprint density at radius 1 is 1.00 bits per heavy atom. The first-order valence-corrected chi connectivity index (χ1v) is 8.42. The van der Waals surface area contributed by atoms with Crippen molar-refractivity contribution in [2.75, 3.05) is 14.2 Å². The first-order chi connectivity index (χ1) is 12.3. The van der Waals surface area contributed by atoms with Crippen LogP contribution >= 0.6 is 11.3 Å². The summed E-state index contributed by atoms with van der Waals surface area (Å²) >= 11 is 1.50. The molecule has 1 aromatic carbocycles. The van der Waals surface area contributed by atoms with E-state index >= 15 is 0 Å². The van der Waals surface area contributed by atoms with Gasteiger partial charge in [0, 0.05) is 24.4 Å². The highest BCUT2D eigenvalue weighted by Gasteiger charge is 2.14. The molecular formula is C17H15N5O2S. The number of rotatable bonds is 5. The number of nitrogens with zero attached hydrogens (tertiary/aromatic N) is 5. The lowest BCUT2D eigenvalue weighted by Crippen LogP contribution is -1.99. The van der Waals surface area contributed by atoms with Gasteiger partial charge in [0.2, 0.25) is 4.96 Å². The monoisotopic (exact) mass is 353 g/mol. The van der Waals surface area contributed by atoms with Gasteiger partial charge in [-0.2, -0.15) is 9.61 Å². The zero-order valence-corrected chi connectivity index (χ0v) is 14.5. The summed E-state index contributed by atoms with van der Waals surface area (Å²) in [6, 6.07) is 9.67. The highest BCUT2D eigenvalue weighted by atomic mass is 32.1. The largest absolute Gasteiger partial charge is 0.493 e. The molecule has 0 aliphatic rings. The van der Waals surface area contributed by atoms with Crippen molar-refractivity contribution in [1.29, 1.82) is 0 Å². The summed E-state index contributed by atoms with van der Waals surface area (Å²) in [4.78, 5) is 4.80. The standard InChI is InChI=1S/C17H15N5O2S/c1-23-13-4-3-11(9-14(13)24-2)10-15-19-20-17-22(15)21-16(25-17)12-5-7-18-8-6-12/h3-9H,10H2,1-2H3. The fourth-order valence-corrected chi connectivity index (χ4v) is 3.42. The van der Waals surface area contributed by atoms with Crippen LogP contribution in [0.5, 0.6) is 11.5 Å². The molecule has 0 bridgehead atoms. The number of fused-ring (bicyclic) bond motifs is 1. The Morgan fingerprint density at radius 2 is 1.80 bits per heavy atom. The summed E-state index contributed by atoms with van der Waals surface area (Å²) in [5, 5.41) is 14.0. The van der Waals surface area contributed by atoms with Crippen LogP contribution in [0.1, 0.15) is 11.4 Å². The zero-order valence-electron chi connectivity index (χ0n) is 13.7. The molecule has 4 rings (SSSR count). The van der Waals surface area contributed by atoms with Crippen LogP contribution in [0.4, 0.5) is 0 Å². The molecule has 4 aromatic rings. The molecule has 3 aromatic heterocycles. The van der Waals surface area contributed by atoms with Crippen molar-refractivity contribution in [2.45, 2.75) is 6.42 Å². The third-order valence-electron chi connectivity index (χ3n) is 3.79. The molecule has 0 amide bonds. The molecule has 0 radical (unpaired) electrons. The zero-order chi connectivity index (χ0) is 17.2. The lowest BCUT2D eigenvalue weighted by Gasteiger charge is -2.08. The topological polar surface area (TPSA) is 74.4 Å². The van der Waals surface area contributed by atoms with Gasteiger partial charge in [-0.3, -0.25) is 4.98 Å². The van der Waals surface area contributed by atoms with Crippen molar-refractivity contribution in [3.63, 3.8) is 0 Å². The second kappa shape index (κ2) is 6.48. The minimum absolute atomic E-state index is 0.598. The van der Waals surface area contributed by atoms with E-state index in [9.17, 15) is 0 Å². The van der Waals surface area contributed by atoms with Gasteiger partial charge in [0.05, 0.1) is 14.2 Å². The average Bonchev–Trinajstić information content (AvgIpc) is 3.24. The van der Waals surface area contributed by atoms with E-state index in [0.717, 1.165) is 26.9 Å². The molecule has 0 saturated carbocycles. The van der Waals surface area contributed by atoms with Crippen LogP contribution in [-0.4, -0.2) is 39.0 Å². The number of methoxy groups -OCH3 is 2. The normalized spacial score (nSPS) is 11.0. The molecule has 0 fully saturated rings. The smallest absolute Gasteiger partial charge is 0.234 e. The van der Waals surface area contributed by atoms with E-state index in [1.807, 2.05) is 30.3 Å². The SMILES string of the molecule is COc1ccc(Cc2nnc3sc(-c4ccncc4)nn23)cc1OC. The van der Waals surface area contributed by atoms with Crippen LogP contribution in [0.2, 0.25) is 0 Å². The summed E-state index contributed by atoms with van der Waals surface area (Å²) in [5.74, 6) is 2.17. The second-order valence-electron chi connectivity index (χ2n) is 5.32. The van der Waals surface area contributed by atoms with Crippen molar-refractivity contribution < 1.29 is 9.47 Å². The van der Waals surface area contributed by atoms with E-state index in [1.165, 1.54) is 11.3 Å². The van der Waals surface area contributed by atoms with E-state index in [1.54, 1.807) is 31.1 Å². The van der Waals surface area contributed by atoms with Gasteiger partial charge in [0.25, 0.3) is 0 Å². The minimum Gasteiger partial charge on any atom is -0.493 e. The molecule has 0 aliphatic carbocycles. The molecule has 126 valence electrons. The molecule has 0 spiro atoms. The van der Waals surface area contributed by atoms with E-state index in [-0.39, 0.29) is 0 Å². The lowest BCUT2D eigenvalue weighted by molar-refractivity contribution is 0.354. The molecule has 0 unspecified atom stereocenters. The van der Waals surface area contributed by atoms with Crippen LogP contribution in [-0.2, 0) is 6.42 Å². The Bertz CT molecular complexity index is 1010. The van der Waals surface area contributed by atoms with Crippen molar-refractivity contribution >= 4 is 16.3 Å². The van der Waals surface area contributed by atoms with E-state index in [2.05, 4.69) is 20.3 Å². The number of benzene rings is 1. The summed E-state index contributed by atoms with van der Waals surface area (Å²) in [6.07, 6.45) is 4.10. The van der Waals surface area contributed by atoms with Gasteiger partial charge >= 0.3 is 0 Å². The maximum atomic E-state index is 5.36. The molecule has 25 heavy (non-hydrogen) atoms. The van der Waals surface area contributed by atoms with E-state index in [4.69, 9.17) is 9.47 Å². The lowest BCUT2D eigenvalue weighted by atomic mass is 10.1. The van der Waals surface area contributed by atoms with Crippen LogP contribution in [0.3, 0.4) is 0 Å². The van der Waals surface area contributed by atoms with Gasteiger partial charge in [-0.25, -0.2) is 0 Å². The predicted molar refractivity (Wildman–Crippen MR) is 94.2 cm³/mol. The number of pyridine rings is 1. The number of hydrogen-bond donors (Lipinski definition) is 0. The fourth-order valence-electron chi connectivity index (χ4n) is 2.55. The third kappa shape index (κ3) is 2.91. The highest BCUT2D eigenvalue weighted by Crippen LogP contribution is 2.29. The van der Waals surface area contributed by atoms with E-state index in [0.29, 0.717) is 17.9 Å². The van der Waals surface area contributed by atoms with Crippen LogP contribution in [0.25, 0.3) is 15.5 Å². The molecule has 8 heteroatoms. The Labute approximate surface area is 147 Å². The predicted octanol–water partition coefficient (Wildman–Crippen LogP) is 2.86. The van der Waals surface area contributed by atoms with Gasteiger partial charge in [0.1, 0.15) is 5.01 Å². The maximum Gasteiger partial charge on any atom is 0.234 e. The highest BCUT2D eigenvalue weighted by molar-refractivity contribution is 7.19. The van der Waals surface area contributed by atoms with Crippen molar-refractivity contribution in [1.82, 2.24) is 24.8 Å². The van der Waals surface area contributed by atoms with Gasteiger partial charge in [-0.1, -0.05) is 17.4 Å². The minimum atomic E-state index is 0.598. The maximum absolute atomic E-state index is 5.36. The Kier molecular flexibility index (Phi) is 4.02. The quantitative estimate of drug-likeness (QED) is 0.549. The van der Waals surface area contributed by atoms with Crippen molar-refractivity contribution in [3.8, 4) is 22.1 Å². The van der Waals surface area contributed by atoms with Crippen LogP contribution in [0, 0.1) is 0 Å². The Morgan fingerprint density at radius 3 is 2.56 bits per heavy atom. The van der Waals surface area contributed by atoms with Crippen molar-refractivity contribution in [2.24, 2.45) is 0 Å². The van der Waals surface area contributed by atoms with Crippen LogP contribution < -0.4 is 9.47 Å². The molecule has 0 saturated heterocycles. The van der Waals surface area contributed by atoms with Crippen molar-refractivity contribution in [3.05, 3.63) is 54.1 Å². The summed E-state index contributed by atoms with van der Waals surface area (Å²) in [7, 11) is 3.24. The number of aromatic nitrogens is 5. The molecule has 3 heterocycles. The van der Waals surface area contributed by atoms with Gasteiger partial charge in [-0.05, 0) is 29.8 Å². The Hall–Kier alpha value is -3.00. The molecule has 0 N–H and O–H groups in total. The molecule has 0 atom stereocenters. The fraction of sp³-hybridized carbons (Fsp3) is 0.176. The summed E-state index contributed by atoms with van der Waals surface area (Å²) < 4.78 is 12.4. The van der Waals surface area contributed by atoms with Gasteiger partial charge in [0.15, 0.2) is 17.3 Å². The van der Waals surface area contributed by atoms with Crippen LogP contribution in [0.15, 0.2) is 42.7 Å². The first-order valence-electron chi connectivity index (χ1n) is 7.61. The second-order valence-corrected chi connectivity index (χ2v) is 6.28. The average molecular weight is 353 g/mol. The van der Waals surface area contributed by atoms with E-state index < -0.39 is 0 Å². The third-order valence-corrected chi connectivity index (χ3v) is 4.74. The summed E-state index contributed by atoms with van der Waals surface area (Å²) in [6.45, 7) is 0. The molecule has 7 nitrogen and oxygen atoms in total.